The normalized spacial score (nSPS) is 14.8. The van der Waals surface area contributed by atoms with Crippen LogP contribution >= 0.6 is 0 Å². The van der Waals surface area contributed by atoms with Crippen molar-refractivity contribution in [3.63, 3.8) is 0 Å². The molecule has 1 rings (SSSR count). The van der Waals surface area contributed by atoms with Gasteiger partial charge in [0.15, 0.2) is 0 Å². The standard InChI is InChI=1S/C3H4N2O2.C3H8O3/c6-2-1-4-3(7)5-2;4-1-3(6)2-5/h1H2,(H2,4,5,6,7);3-6H,1-2H2. The van der Waals surface area contributed by atoms with Crippen molar-refractivity contribution >= 4 is 11.9 Å². The first-order valence-electron chi connectivity index (χ1n) is 3.57. The van der Waals surface area contributed by atoms with Crippen LogP contribution in [0, 0.1) is 0 Å². The highest BCUT2D eigenvalue weighted by molar-refractivity contribution is 6.01. The van der Waals surface area contributed by atoms with Gasteiger partial charge in [0.05, 0.1) is 19.8 Å². The van der Waals surface area contributed by atoms with Crippen LogP contribution in [-0.2, 0) is 4.79 Å². The van der Waals surface area contributed by atoms with Crippen molar-refractivity contribution < 1.29 is 24.9 Å². The molecule has 1 heterocycles. The Bertz CT molecular complexity index is 166. The molecule has 7 nitrogen and oxygen atoms in total. The van der Waals surface area contributed by atoms with Gasteiger partial charge in [-0.25, -0.2) is 4.79 Å². The van der Waals surface area contributed by atoms with Crippen LogP contribution in [0.1, 0.15) is 0 Å². The third-order valence-electron chi connectivity index (χ3n) is 1.08. The molecule has 1 saturated heterocycles. The zero-order chi connectivity index (χ0) is 10.3. The van der Waals surface area contributed by atoms with E-state index in [1.54, 1.807) is 0 Å². The average molecular weight is 192 g/mol. The lowest BCUT2D eigenvalue weighted by atomic mass is 10.4. The lowest BCUT2D eigenvalue weighted by Gasteiger charge is -1.96. The summed E-state index contributed by atoms with van der Waals surface area (Å²) in [5.41, 5.74) is 0. The van der Waals surface area contributed by atoms with Gasteiger partial charge in [-0.1, -0.05) is 0 Å². The number of aliphatic hydroxyl groups excluding tert-OH is 3. The molecule has 0 spiro atoms. The molecule has 0 atom stereocenters. The van der Waals surface area contributed by atoms with Gasteiger partial charge in [-0.2, -0.15) is 0 Å². The van der Waals surface area contributed by atoms with E-state index in [9.17, 15) is 9.59 Å². The fourth-order valence-corrected chi connectivity index (χ4v) is 0.433. The van der Waals surface area contributed by atoms with Crippen molar-refractivity contribution in [3.8, 4) is 0 Å². The van der Waals surface area contributed by atoms with Crippen molar-refractivity contribution in [1.29, 1.82) is 0 Å². The van der Waals surface area contributed by atoms with E-state index in [-0.39, 0.29) is 25.7 Å². The van der Waals surface area contributed by atoms with Crippen LogP contribution in [0.5, 0.6) is 0 Å². The summed E-state index contributed by atoms with van der Waals surface area (Å²) in [5, 5.41) is 28.3. The Morgan fingerprint density at radius 1 is 1.31 bits per heavy atom. The smallest absolute Gasteiger partial charge is 0.321 e. The molecule has 1 aliphatic heterocycles. The third-order valence-corrected chi connectivity index (χ3v) is 1.08. The van der Waals surface area contributed by atoms with Crippen molar-refractivity contribution in [2.75, 3.05) is 19.8 Å². The summed E-state index contributed by atoms with van der Waals surface area (Å²) >= 11 is 0. The van der Waals surface area contributed by atoms with Crippen LogP contribution in [0.3, 0.4) is 0 Å². The van der Waals surface area contributed by atoms with Crippen LogP contribution in [-0.4, -0.2) is 53.1 Å². The summed E-state index contributed by atoms with van der Waals surface area (Å²) in [4.78, 5) is 20.1. The van der Waals surface area contributed by atoms with E-state index in [0.29, 0.717) is 0 Å². The molecule has 0 aromatic heterocycles. The Balaban J connectivity index is 0.000000226. The van der Waals surface area contributed by atoms with Gasteiger partial charge in [-0.15, -0.1) is 0 Å². The molecule has 1 aliphatic rings. The van der Waals surface area contributed by atoms with E-state index in [2.05, 4.69) is 5.32 Å². The van der Waals surface area contributed by atoms with E-state index in [1.165, 1.54) is 0 Å². The lowest BCUT2D eigenvalue weighted by Crippen LogP contribution is -2.22. The van der Waals surface area contributed by atoms with Crippen LogP contribution < -0.4 is 10.6 Å². The van der Waals surface area contributed by atoms with Crippen LogP contribution in [0.2, 0.25) is 0 Å². The Labute approximate surface area is 74.4 Å². The summed E-state index contributed by atoms with van der Waals surface area (Å²) < 4.78 is 0. The molecule has 5 N–H and O–H groups in total. The van der Waals surface area contributed by atoms with Gasteiger partial charge in [0.1, 0.15) is 6.10 Å². The maximum absolute atomic E-state index is 10.1. The minimum atomic E-state index is -0.954. The zero-order valence-corrected chi connectivity index (χ0v) is 6.86. The van der Waals surface area contributed by atoms with Gasteiger partial charge in [0, 0.05) is 0 Å². The molecular formula is C6H12N2O5. The van der Waals surface area contributed by atoms with E-state index < -0.39 is 12.1 Å². The molecule has 0 aromatic carbocycles. The molecule has 76 valence electrons. The van der Waals surface area contributed by atoms with Gasteiger partial charge < -0.3 is 20.6 Å². The molecule has 0 aromatic rings. The minimum Gasteiger partial charge on any atom is -0.394 e. The maximum atomic E-state index is 10.1. The second kappa shape index (κ2) is 6.35. The maximum Gasteiger partial charge on any atom is 0.321 e. The summed E-state index contributed by atoms with van der Waals surface area (Å²) in [6.07, 6.45) is -0.954. The quantitative estimate of drug-likeness (QED) is 0.302. The van der Waals surface area contributed by atoms with Gasteiger partial charge in [0.25, 0.3) is 0 Å². The molecule has 0 bridgehead atoms. The van der Waals surface area contributed by atoms with E-state index in [1.807, 2.05) is 5.32 Å². The highest BCUT2D eigenvalue weighted by Crippen LogP contribution is 1.74. The fraction of sp³-hybridized carbons (Fsp3) is 0.667. The zero-order valence-electron chi connectivity index (χ0n) is 6.86. The number of hydrogen-bond acceptors (Lipinski definition) is 5. The fourth-order valence-electron chi connectivity index (χ4n) is 0.433. The van der Waals surface area contributed by atoms with Gasteiger partial charge in [-0.3, -0.25) is 10.1 Å². The predicted molar refractivity (Wildman–Crippen MR) is 41.7 cm³/mol. The van der Waals surface area contributed by atoms with Crippen LogP contribution in [0.15, 0.2) is 0 Å². The average Bonchev–Trinajstić information content (AvgIpc) is 2.49. The first-order chi connectivity index (χ1) is 6.10. The Hall–Kier alpha value is -1.18. The molecule has 3 amide bonds. The number of amides is 3. The summed E-state index contributed by atoms with van der Waals surface area (Å²) in [7, 11) is 0. The first kappa shape index (κ1) is 11.8. The van der Waals surface area contributed by atoms with Crippen molar-refractivity contribution in [2.45, 2.75) is 6.10 Å². The summed E-state index contributed by atoms with van der Waals surface area (Å²) in [6.45, 7) is -0.605. The number of rotatable bonds is 2. The van der Waals surface area contributed by atoms with Crippen LogP contribution in [0.4, 0.5) is 4.79 Å². The SMILES string of the molecule is O=C1CNC(=O)N1.OCC(O)CO. The Morgan fingerprint density at radius 2 is 1.85 bits per heavy atom. The van der Waals surface area contributed by atoms with Gasteiger partial charge in [0.2, 0.25) is 5.91 Å². The molecular weight excluding hydrogens is 180 g/mol. The molecule has 1 fully saturated rings. The lowest BCUT2D eigenvalue weighted by molar-refractivity contribution is -0.117. The molecule has 0 radical (unpaired) electrons. The predicted octanol–water partition coefficient (Wildman–Crippen LogP) is -2.84. The number of carbonyl (C=O) groups is 2. The number of urea groups is 1. The van der Waals surface area contributed by atoms with Crippen molar-refractivity contribution in [1.82, 2.24) is 10.6 Å². The number of nitrogens with one attached hydrogen (secondary N) is 2. The Kier molecular flexibility index (Phi) is 5.77. The number of imide groups is 1. The monoisotopic (exact) mass is 192 g/mol. The second-order valence-electron chi connectivity index (χ2n) is 2.25. The molecule has 0 saturated carbocycles. The first-order valence-corrected chi connectivity index (χ1v) is 3.57. The van der Waals surface area contributed by atoms with Crippen molar-refractivity contribution in [3.05, 3.63) is 0 Å². The van der Waals surface area contributed by atoms with Crippen molar-refractivity contribution in [2.24, 2.45) is 0 Å². The van der Waals surface area contributed by atoms with Gasteiger partial charge in [-0.05, 0) is 0 Å². The highest BCUT2D eigenvalue weighted by Gasteiger charge is 2.14. The Morgan fingerprint density at radius 3 is 1.92 bits per heavy atom. The summed E-state index contributed by atoms with van der Waals surface area (Å²) in [6, 6.07) is -0.398. The van der Waals surface area contributed by atoms with E-state index >= 15 is 0 Å². The second-order valence-corrected chi connectivity index (χ2v) is 2.25. The van der Waals surface area contributed by atoms with E-state index in [4.69, 9.17) is 15.3 Å². The molecule has 0 aliphatic carbocycles. The third kappa shape index (κ3) is 6.02. The van der Waals surface area contributed by atoms with Crippen LogP contribution in [0.25, 0.3) is 0 Å². The van der Waals surface area contributed by atoms with E-state index in [0.717, 1.165) is 0 Å². The largest absolute Gasteiger partial charge is 0.394 e. The molecule has 13 heavy (non-hydrogen) atoms. The molecule has 7 heteroatoms. The summed E-state index contributed by atoms with van der Waals surface area (Å²) in [5.74, 6) is -0.259. The highest BCUT2D eigenvalue weighted by atomic mass is 16.3. The molecule has 0 unspecified atom stereocenters. The van der Waals surface area contributed by atoms with Gasteiger partial charge >= 0.3 is 6.03 Å². The number of carbonyl (C=O) groups excluding carboxylic acids is 2. The number of aliphatic hydroxyl groups is 3. The topological polar surface area (TPSA) is 119 Å². The number of hydrogen-bond donors (Lipinski definition) is 5. The minimum absolute atomic E-state index is 0.124.